The van der Waals surface area contributed by atoms with Crippen LogP contribution < -0.4 is 4.90 Å². The van der Waals surface area contributed by atoms with Crippen molar-refractivity contribution >= 4 is 23.5 Å². The molecule has 2 aromatic rings. The molecule has 1 unspecified atom stereocenters. The van der Waals surface area contributed by atoms with Crippen LogP contribution in [-0.2, 0) is 27.1 Å². The maximum atomic E-state index is 13.0. The minimum Gasteiger partial charge on any atom is -0.478 e. The molecule has 1 aliphatic rings. The average molecular weight is 423 g/mol. The molecule has 0 spiro atoms. The van der Waals surface area contributed by atoms with E-state index in [4.69, 9.17) is 14.9 Å². The van der Waals surface area contributed by atoms with Gasteiger partial charge in [-0.2, -0.15) is 0 Å². The van der Waals surface area contributed by atoms with E-state index in [2.05, 4.69) is 12.1 Å². The van der Waals surface area contributed by atoms with Gasteiger partial charge in [-0.05, 0) is 86.6 Å². The average Bonchev–Trinajstić information content (AvgIpc) is 2.78. The van der Waals surface area contributed by atoms with E-state index in [0.29, 0.717) is 30.8 Å². The number of rotatable bonds is 7. The third-order valence-electron chi connectivity index (χ3n) is 5.66. The highest BCUT2D eigenvalue weighted by Gasteiger charge is 2.23. The number of amides is 1. The van der Waals surface area contributed by atoms with Crippen LogP contribution >= 0.6 is 0 Å². The predicted octanol–water partition coefficient (Wildman–Crippen LogP) is 4.38. The topological polar surface area (TPSA) is 79.7 Å². The lowest BCUT2D eigenvalue weighted by Gasteiger charge is -2.26. The number of anilines is 1. The molecule has 0 heterocycles. The zero-order valence-electron chi connectivity index (χ0n) is 18.4. The second kappa shape index (κ2) is 10.2. The maximum Gasteiger partial charge on any atom is 0.306 e. The molecule has 0 saturated carbocycles. The molecule has 3 rings (SSSR count). The molecule has 0 aliphatic heterocycles. The molecular formula is C25H30N2O4. The van der Waals surface area contributed by atoms with E-state index in [0.717, 1.165) is 24.9 Å². The largest absolute Gasteiger partial charge is 0.478 e. The third kappa shape index (κ3) is 5.51. The van der Waals surface area contributed by atoms with Gasteiger partial charge in [0, 0.05) is 30.3 Å². The third-order valence-corrected chi connectivity index (χ3v) is 5.66. The second-order valence-corrected chi connectivity index (χ2v) is 7.77. The summed E-state index contributed by atoms with van der Waals surface area (Å²) in [4.78, 5) is 26.5. The smallest absolute Gasteiger partial charge is 0.306 e. The number of hydrogen-bond donors (Lipinski definition) is 1. The number of nitrogens with one attached hydrogen (secondary N) is 1. The fourth-order valence-electron chi connectivity index (χ4n) is 3.96. The van der Waals surface area contributed by atoms with E-state index < -0.39 is 0 Å². The van der Waals surface area contributed by atoms with Crippen LogP contribution in [0.2, 0.25) is 0 Å². The van der Waals surface area contributed by atoms with Crippen LogP contribution in [0.3, 0.4) is 0 Å². The summed E-state index contributed by atoms with van der Waals surface area (Å²) in [5.74, 6) is 0.117. The van der Waals surface area contributed by atoms with Crippen molar-refractivity contribution < 1.29 is 19.1 Å². The standard InChI is InChI=1S/C25H30N2O4/c1-4-30-23(28)15-17-6-7-18-12-13-22(16-21(18)14-17)27(3)25(29)20-10-8-19(9-11-20)24(26)31-5-2/h8-13,16-17,26H,4-7,14-15H2,1-3H3. The van der Waals surface area contributed by atoms with Crippen LogP contribution in [0.15, 0.2) is 42.5 Å². The summed E-state index contributed by atoms with van der Waals surface area (Å²) in [7, 11) is 1.76. The van der Waals surface area contributed by atoms with Gasteiger partial charge < -0.3 is 14.4 Å². The second-order valence-electron chi connectivity index (χ2n) is 7.77. The van der Waals surface area contributed by atoms with Crippen molar-refractivity contribution in [3.8, 4) is 0 Å². The normalized spacial score (nSPS) is 15.0. The van der Waals surface area contributed by atoms with Crippen LogP contribution in [-0.4, -0.2) is 38.0 Å². The van der Waals surface area contributed by atoms with Gasteiger partial charge in [-0.25, -0.2) is 0 Å². The number of fused-ring (bicyclic) bond motifs is 1. The number of benzene rings is 2. The molecule has 1 atom stereocenters. The zero-order valence-corrected chi connectivity index (χ0v) is 18.4. The van der Waals surface area contributed by atoms with Gasteiger partial charge in [0.25, 0.3) is 5.91 Å². The van der Waals surface area contributed by atoms with E-state index in [1.54, 1.807) is 36.2 Å². The quantitative estimate of drug-likeness (QED) is 0.408. The predicted molar refractivity (Wildman–Crippen MR) is 121 cm³/mol. The summed E-state index contributed by atoms with van der Waals surface area (Å²) in [6.07, 6.45) is 3.17. The molecule has 0 saturated heterocycles. The van der Waals surface area contributed by atoms with Crippen molar-refractivity contribution in [2.45, 2.75) is 39.5 Å². The monoisotopic (exact) mass is 422 g/mol. The number of carbonyl (C=O) groups is 2. The number of hydrogen-bond acceptors (Lipinski definition) is 5. The van der Waals surface area contributed by atoms with Gasteiger partial charge in [0.2, 0.25) is 5.90 Å². The molecule has 1 N–H and O–H groups in total. The summed E-state index contributed by atoms with van der Waals surface area (Å²) in [6, 6.07) is 13.0. The van der Waals surface area contributed by atoms with E-state index in [-0.39, 0.29) is 23.7 Å². The summed E-state index contributed by atoms with van der Waals surface area (Å²) in [6.45, 7) is 4.50. The Balaban J connectivity index is 1.71. The molecule has 31 heavy (non-hydrogen) atoms. The molecule has 6 heteroatoms. The van der Waals surface area contributed by atoms with E-state index in [1.807, 2.05) is 19.9 Å². The minimum atomic E-state index is -0.139. The molecule has 2 aromatic carbocycles. The fraction of sp³-hybridized carbons (Fsp3) is 0.400. The van der Waals surface area contributed by atoms with Crippen molar-refractivity contribution in [3.05, 3.63) is 64.7 Å². The molecule has 1 amide bonds. The SMILES string of the molecule is CCOC(=N)c1ccc(C(=O)N(C)c2ccc3c(c2)CC(CC(=O)OCC)CC3)cc1. The van der Waals surface area contributed by atoms with Gasteiger partial charge in [0.05, 0.1) is 13.2 Å². The molecule has 0 fully saturated rings. The fourth-order valence-corrected chi connectivity index (χ4v) is 3.96. The van der Waals surface area contributed by atoms with Gasteiger partial charge in [-0.1, -0.05) is 6.07 Å². The Morgan fingerprint density at radius 1 is 1.00 bits per heavy atom. The number of nitrogens with zero attached hydrogens (tertiary/aromatic N) is 1. The van der Waals surface area contributed by atoms with Crippen LogP contribution in [0.4, 0.5) is 5.69 Å². The molecule has 6 nitrogen and oxygen atoms in total. The van der Waals surface area contributed by atoms with Crippen molar-refractivity contribution in [1.29, 1.82) is 5.41 Å². The molecule has 164 valence electrons. The molecule has 1 aliphatic carbocycles. The van der Waals surface area contributed by atoms with Gasteiger partial charge in [0.15, 0.2) is 0 Å². The van der Waals surface area contributed by atoms with Crippen LogP contribution in [0.1, 0.15) is 53.7 Å². The van der Waals surface area contributed by atoms with Crippen molar-refractivity contribution in [2.75, 3.05) is 25.2 Å². The van der Waals surface area contributed by atoms with E-state index in [1.165, 1.54) is 11.1 Å². The Bertz CT molecular complexity index is 952. The number of ether oxygens (including phenoxy) is 2. The van der Waals surface area contributed by atoms with Crippen LogP contribution in [0.5, 0.6) is 0 Å². The number of esters is 1. The van der Waals surface area contributed by atoms with E-state index >= 15 is 0 Å². The van der Waals surface area contributed by atoms with Gasteiger partial charge in [0.1, 0.15) is 0 Å². The highest BCUT2D eigenvalue weighted by molar-refractivity contribution is 6.06. The van der Waals surface area contributed by atoms with E-state index in [9.17, 15) is 9.59 Å². The van der Waals surface area contributed by atoms with Gasteiger partial charge in [-0.3, -0.25) is 15.0 Å². The first-order valence-electron chi connectivity index (χ1n) is 10.8. The highest BCUT2D eigenvalue weighted by atomic mass is 16.5. The first kappa shape index (κ1) is 22.5. The highest BCUT2D eigenvalue weighted by Crippen LogP contribution is 2.31. The molecule has 0 radical (unpaired) electrons. The molecule has 0 bridgehead atoms. The lowest BCUT2D eigenvalue weighted by Crippen LogP contribution is -2.27. The van der Waals surface area contributed by atoms with Crippen molar-refractivity contribution in [3.63, 3.8) is 0 Å². The Morgan fingerprint density at radius 2 is 1.68 bits per heavy atom. The first-order valence-corrected chi connectivity index (χ1v) is 10.8. The van der Waals surface area contributed by atoms with Crippen molar-refractivity contribution in [2.24, 2.45) is 5.92 Å². The van der Waals surface area contributed by atoms with Gasteiger partial charge in [-0.15, -0.1) is 0 Å². The molecular weight excluding hydrogens is 392 g/mol. The summed E-state index contributed by atoms with van der Waals surface area (Å²) < 4.78 is 10.3. The summed E-state index contributed by atoms with van der Waals surface area (Å²) in [5.41, 5.74) is 4.49. The Kier molecular flexibility index (Phi) is 7.45. The Morgan fingerprint density at radius 3 is 2.35 bits per heavy atom. The van der Waals surface area contributed by atoms with Crippen molar-refractivity contribution in [1.82, 2.24) is 0 Å². The van der Waals surface area contributed by atoms with Crippen LogP contribution in [0, 0.1) is 11.3 Å². The van der Waals surface area contributed by atoms with Crippen LogP contribution in [0.25, 0.3) is 0 Å². The summed E-state index contributed by atoms with van der Waals surface area (Å²) >= 11 is 0. The lowest BCUT2D eigenvalue weighted by atomic mass is 9.82. The summed E-state index contributed by atoms with van der Waals surface area (Å²) in [5, 5.41) is 7.85. The molecule has 0 aromatic heterocycles. The Labute approximate surface area is 183 Å². The minimum absolute atomic E-state index is 0.0990. The van der Waals surface area contributed by atoms with Gasteiger partial charge >= 0.3 is 5.97 Å². The Hall–Kier alpha value is -3.15. The number of aryl methyl sites for hydroxylation is 1. The first-order chi connectivity index (χ1) is 14.9. The zero-order chi connectivity index (χ0) is 22.4. The lowest BCUT2D eigenvalue weighted by molar-refractivity contribution is -0.144. The maximum absolute atomic E-state index is 13.0. The number of carbonyl (C=O) groups excluding carboxylic acids is 2.